The van der Waals surface area contributed by atoms with Crippen LogP contribution in [0.25, 0.3) is 0 Å². The third-order valence-corrected chi connectivity index (χ3v) is 2.96. The molecule has 0 aliphatic rings. The summed E-state index contributed by atoms with van der Waals surface area (Å²) in [7, 11) is 0. The lowest BCUT2D eigenvalue weighted by Gasteiger charge is -2.27. The maximum absolute atomic E-state index is 9.96. The van der Waals surface area contributed by atoms with Gasteiger partial charge in [0.15, 0.2) is 0 Å². The number of rotatable bonds is 3. The molecular weight excluding hydrogens is 172 g/mol. The van der Waals surface area contributed by atoms with Gasteiger partial charge in [-0.25, -0.2) is 0 Å². The topological polar surface area (TPSA) is 20.2 Å². The molecule has 1 heteroatoms. The van der Waals surface area contributed by atoms with Crippen molar-refractivity contribution < 1.29 is 5.11 Å². The zero-order valence-corrected chi connectivity index (χ0v) is 9.54. The van der Waals surface area contributed by atoms with Gasteiger partial charge < -0.3 is 5.11 Å². The smallest absolute Gasteiger partial charge is 0.0657 e. The first-order chi connectivity index (χ1) is 6.46. The Morgan fingerprint density at radius 3 is 2.36 bits per heavy atom. The van der Waals surface area contributed by atoms with E-state index in [1.807, 2.05) is 19.9 Å². The lowest BCUT2D eigenvalue weighted by molar-refractivity contribution is 0.0556. The molecule has 0 radical (unpaired) electrons. The van der Waals surface area contributed by atoms with Crippen molar-refractivity contribution in [3.05, 3.63) is 35.4 Å². The number of aryl methyl sites for hydroxylation is 1. The summed E-state index contributed by atoms with van der Waals surface area (Å²) in [4.78, 5) is 0. The van der Waals surface area contributed by atoms with E-state index in [0.29, 0.717) is 0 Å². The molecule has 0 heterocycles. The van der Waals surface area contributed by atoms with Gasteiger partial charge in [0, 0.05) is 5.92 Å². The Bertz CT molecular complexity index is 296. The van der Waals surface area contributed by atoms with Crippen molar-refractivity contribution in [3.63, 3.8) is 0 Å². The van der Waals surface area contributed by atoms with E-state index in [9.17, 15) is 5.11 Å². The highest BCUT2D eigenvalue weighted by Gasteiger charge is 2.24. The average molecular weight is 192 g/mol. The maximum atomic E-state index is 9.96. The molecule has 1 N–H and O–H groups in total. The van der Waals surface area contributed by atoms with E-state index in [4.69, 9.17) is 0 Å². The summed E-state index contributed by atoms with van der Waals surface area (Å²) in [6.07, 6.45) is 1.02. The monoisotopic (exact) mass is 192 g/mol. The van der Waals surface area contributed by atoms with E-state index >= 15 is 0 Å². The predicted molar refractivity (Wildman–Crippen MR) is 60.5 cm³/mol. The maximum Gasteiger partial charge on any atom is 0.0657 e. The molecule has 0 fully saturated rings. The van der Waals surface area contributed by atoms with E-state index in [1.54, 1.807) is 0 Å². The fraction of sp³-hybridized carbons (Fsp3) is 0.538. The normalized spacial score (nSPS) is 14.1. The summed E-state index contributed by atoms with van der Waals surface area (Å²) in [5.41, 5.74) is 1.95. The third-order valence-electron chi connectivity index (χ3n) is 2.96. The van der Waals surface area contributed by atoms with Crippen molar-refractivity contribution >= 4 is 0 Å². The largest absolute Gasteiger partial charge is 0.390 e. The van der Waals surface area contributed by atoms with Crippen molar-refractivity contribution in [1.29, 1.82) is 0 Å². The molecule has 0 amide bonds. The molecule has 0 aliphatic carbocycles. The van der Waals surface area contributed by atoms with E-state index in [1.165, 1.54) is 11.1 Å². The zero-order chi connectivity index (χ0) is 10.8. The van der Waals surface area contributed by atoms with Crippen LogP contribution in [0.15, 0.2) is 24.3 Å². The molecule has 14 heavy (non-hydrogen) atoms. The lowest BCUT2D eigenvalue weighted by atomic mass is 9.83. The van der Waals surface area contributed by atoms with Crippen LogP contribution < -0.4 is 0 Å². The average Bonchev–Trinajstić information content (AvgIpc) is 2.15. The molecule has 1 aromatic rings. The number of benzene rings is 1. The number of hydrogen-bond acceptors (Lipinski definition) is 1. The molecule has 0 spiro atoms. The van der Waals surface area contributed by atoms with Gasteiger partial charge in [-0.1, -0.05) is 38.1 Å². The van der Waals surface area contributed by atoms with Gasteiger partial charge in [-0.15, -0.1) is 0 Å². The molecule has 0 aromatic heterocycles. The van der Waals surface area contributed by atoms with Crippen LogP contribution in [-0.2, 0) is 6.42 Å². The second-order valence-electron chi connectivity index (χ2n) is 4.43. The minimum Gasteiger partial charge on any atom is -0.390 e. The van der Waals surface area contributed by atoms with Crippen LogP contribution in [0.4, 0.5) is 0 Å². The highest BCUT2D eigenvalue weighted by molar-refractivity contribution is 5.31. The van der Waals surface area contributed by atoms with Gasteiger partial charge in [0.25, 0.3) is 0 Å². The summed E-state index contributed by atoms with van der Waals surface area (Å²) >= 11 is 0. The molecule has 0 saturated heterocycles. The van der Waals surface area contributed by atoms with Gasteiger partial charge in [-0.3, -0.25) is 0 Å². The molecule has 0 aliphatic heterocycles. The molecule has 1 nitrogen and oxygen atoms in total. The SMILES string of the molecule is CCc1ccccc1C(C)C(C)(C)O. The Labute approximate surface area is 86.8 Å². The molecule has 0 saturated carbocycles. The van der Waals surface area contributed by atoms with Crippen LogP contribution in [0.1, 0.15) is 44.7 Å². The number of hydrogen-bond donors (Lipinski definition) is 1. The van der Waals surface area contributed by atoms with Gasteiger partial charge in [-0.05, 0) is 31.4 Å². The first-order valence-corrected chi connectivity index (χ1v) is 5.27. The molecule has 1 aromatic carbocycles. The summed E-state index contributed by atoms with van der Waals surface area (Å²) in [6, 6.07) is 8.34. The predicted octanol–water partition coefficient (Wildman–Crippen LogP) is 3.12. The highest BCUT2D eigenvalue weighted by atomic mass is 16.3. The lowest BCUT2D eigenvalue weighted by Crippen LogP contribution is -2.27. The van der Waals surface area contributed by atoms with Crippen LogP contribution in [0.3, 0.4) is 0 Å². The first-order valence-electron chi connectivity index (χ1n) is 5.27. The second kappa shape index (κ2) is 4.14. The van der Waals surface area contributed by atoms with Gasteiger partial charge in [0.2, 0.25) is 0 Å². The first kappa shape index (κ1) is 11.3. The van der Waals surface area contributed by atoms with Crippen LogP contribution in [0.5, 0.6) is 0 Å². The Hall–Kier alpha value is -0.820. The van der Waals surface area contributed by atoms with Crippen LogP contribution >= 0.6 is 0 Å². The molecular formula is C13H20O. The van der Waals surface area contributed by atoms with Crippen molar-refractivity contribution in [1.82, 2.24) is 0 Å². The van der Waals surface area contributed by atoms with Gasteiger partial charge in [-0.2, -0.15) is 0 Å². The quantitative estimate of drug-likeness (QED) is 0.780. The van der Waals surface area contributed by atoms with Crippen molar-refractivity contribution in [2.75, 3.05) is 0 Å². The van der Waals surface area contributed by atoms with Crippen molar-refractivity contribution in [3.8, 4) is 0 Å². The van der Waals surface area contributed by atoms with Crippen LogP contribution in [0, 0.1) is 0 Å². The van der Waals surface area contributed by atoms with Crippen LogP contribution in [0.2, 0.25) is 0 Å². The number of aliphatic hydroxyl groups is 1. The molecule has 78 valence electrons. The summed E-state index contributed by atoms with van der Waals surface area (Å²) in [5.74, 6) is 0.179. The molecule has 1 rings (SSSR count). The Balaban J connectivity index is 3.06. The van der Waals surface area contributed by atoms with Crippen molar-refractivity contribution in [2.24, 2.45) is 0 Å². The van der Waals surface area contributed by atoms with E-state index in [0.717, 1.165) is 6.42 Å². The van der Waals surface area contributed by atoms with Gasteiger partial charge in [0.05, 0.1) is 5.60 Å². The van der Waals surface area contributed by atoms with E-state index < -0.39 is 5.60 Å². The van der Waals surface area contributed by atoms with Crippen molar-refractivity contribution in [2.45, 2.75) is 45.6 Å². The second-order valence-corrected chi connectivity index (χ2v) is 4.43. The van der Waals surface area contributed by atoms with Crippen LogP contribution in [-0.4, -0.2) is 10.7 Å². The molecule has 0 bridgehead atoms. The van der Waals surface area contributed by atoms with E-state index in [2.05, 4.69) is 32.0 Å². The Morgan fingerprint density at radius 2 is 1.86 bits per heavy atom. The fourth-order valence-corrected chi connectivity index (χ4v) is 1.66. The minimum atomic E-state index is -0.648. The highest BCUT2D eigenvalue weighted by Crippen LogP contribution is 2.29. The Morgan fingerprint density at radius 1 is 1.29 bits per heavy atom. The summed E-state index contributed by atoms with van der Waals surface area (Å²) < 4.78 is 0. The fourth-order valence-electron chi connectivity index (χ4n) is 1.66. The van der Waals surface area contributed by atoms with Gasteiger partial charge >= 0.3 is 0 Å². The standard InChI is InChI=1S/C13H20O/c1-5-11-8-6-7-9-12(11)10(2)13(3,4)14/h6-10,14H,5H2,1-4H3. The summed E-state index contributed by atoms with van der Waals surface area (Å²) in [6.45, 7) is 7.96. The van der Waals surface area contributed by atoms with E-state index in [-0.39, 0.29) is 5.92 Å². The zero-order valence-electron chi connectivity index (χ0n) is 9.54. The third kappa shape index (κ3) is 2.36. The minimum absolute atomic E-state index is 0.179. The summed E-state index contributed by atoms with van der Waals surface area (Å²) in [5, 5.41) is 9.96. The van der Waals surface area contributed by atoms with Gasteiger partial charge in [0.1, 0.15) is 0 Å². The Kier molecular flexibility index (Phi) is 3.33. The molecule has 1 atom stereocenters. The molecule has 1 unspecified atom stereocenters.